The summed E-state index contributed by atoms with van der Waals surface area (Å²) in [6.07, 6.45) is 1.33. The first-order valence-electron chi connectivity index (χ1n) is 8.23. The van der Waals surface area contributed by atoms with Crippen molar-refractivity contribution < 1.29 is 19.1 Å². The van der Waals surface area contributed by atoms with Gasteiger partial charge in [-0.25, -0.2) is 5.43 Å². The van der Waals surface area contributed by atoms with Crippen molar-refractivity contribution in [3.05, 3.63) is 58.1 Å². The number of rotatable bonds is 6. The van der Waals surface area contributed by atoms with Crippen molar-refractivity contribution in [3.63, 3.8) is 0 Å². The second kappa shape index (κ2) is 10.2. The molecule has 28 heavy (non-hydrogen) atoms. The van der Waals surface area contributed by atoms with E-state index in [2.05, 4.69) is 37.1 Å². The number of hydrogen-bond acceptors (Lipinski definition) is 5. The lowest BCUT2D eigenvalue weighted by Gasteiger charge is -2.10. The van der Waals surface area contributed by atoms with E-state index in [1.165, 1.54) is 13.3 Å². The molecule has 0 saturated carbocycles. The molecule has 2 aromatic carbocycles. The Labute approximate surface area is 170 Å². The van der Waals surface area contributed by atoms with Crippen molar-refractivity contribution in [1.82, 2.24) is 10.7 Å². The van der Waals surface area contributed by atoms with Crippen molar-refractivity contribution in [1.29, 1.82) is 0 Å². The molecule has 146 valence electrons. The van der Waals surface area contributed by atoms with Crippen LogP contribution in [0.15, 0.2) is 52.0 Å². The number of nitrogens with zero attached hydrogens (tertiary/aromatic N) is 1. The third-order valence-electron chi connectivity index (χ3n) is 3.52. The summed E-state index contributed by atoms with van der Waals surface area (Å²) < 4.78 is 6.50. The van der Waals surface area contributed by atoms with Gasteiger partial charge in [0.2, 0.25) is 0 Å². The first-order chi connectivity index (χ1) is 13.4. The summed E-state index contributed by atoms with van der Waals surface area (Å²) in [5.74, 6) is -1.60. The van der Waals surface area contributed by atoms with Crippen LogP contribution in [0, 0.1) is 6.92 Å². The van der Waals surface area contributed by atoms with Crippen molar-refractivity contribution in [2.75, 3.05) is 19.0 Å². The predicted molar refractivity (Wildman–Crippen MR) is 109 cm³/mol. The Morgan fingerprint density at radius 2 is 1.89 bits per heavy atom. The molecule has 0 aromatic heterocycles. The van der Waals surface area contributed by atoms with Gasteiger partial charge in [0, 0.05) is 22.8 Å². The molecule has 0 spiro atoms. The number of carbonyl (C=O) groups is 3. The zero-order valence-corrected chi connectivity index (χ0v) is 16.9. The highest BCUT2D eigenvalue weighted by Gasteiger charge is 2.10. The summed E-state index contributed by atoms with van der Waals surface area (Å²) in [6, 6.07) is 12.3. The minimum Gasteiger partial charge on any atom is -0.483 e. The molecule has 2 rings (SSSR count). The van der Waals surface area contributed by atoms with Crippen LogP contribution in [-0.4, -0.2) is 37.6 Å². The monoisotopic (exact) mass is 446 g/mol. The number of likely N-dealkylation sites (N-methyl/N-ethyl adjacent to an activating group) is 1. The van der Waals surface area contributed by atoms with Crippen molar-refractivity contribution >= 4 is 45.6 Å². The fraction of sp³-hybridized carbons (Fsp3) is 0.158. The number of para-hydroxylation sites is 1. The highest BCUT2D eigenvalue weighted by atomic mass is 79.9. The number of benzene rings is 2. The van der Waals surface area contributed by atoms with E-state index in [0.717, 1.165) is 10.0 Å². The Bertz CT molecular complexity index is 915. The lowest BCUT2D eigenvalue weighted by atomic mass is 10.2. The van der Waals surface area contributed by atoms with Crippen LogP contribution in [0.3, 0.4) is 0 Å². The van der Waals surface area contributed by atoms with Crippen molar-refractivity contribution in [2.45, 2.75) is 6.92 Å². The number of amides is 3. The van der Waals surface area contributed by atoms with E-state index in [-0.39, 0.29) is 12.5 Å². The van der Waals surface area contributed by atoms with Crippen LogP contribution < -0.4 is 20.8 Å². The fourth-order valence-corrected chi connectivity index (χ4v) is 2.35. The van der Waals surface area contributed by atoms with Gasteiger partial charge in [-0.2, -0.15) is 5.10 Å². The highest BCUT2D eigenvalue weighted by Crippen LogP contribution is 2.20. The lowest BCUT2D eigenvalue weighted by Crippen LogP contribution is -2.35. The molecule has 2 aromatic rings. The van der Waals surface area contributed by atoms with Crippen LogP contribution in [-0.2, 0) is 14.4 Å². The SMILES string of the molecule is CNC(=O)C(=O)N/N=C\c1ccccc1OCC(=O)Nc1ccc(Br)c(C)c1. The molecule has 0 radical (unpaired) electrons. The van der Waals surface area contributed by atoms with Crippen molar-refractivity contribution in [2.24, 2.45) is 5.10 Å². The van der Waals surface area contributed by atoms with E-state index in [9.17, 15) is 14.4 Å². The quantitative estimate of drug-likeness (QED) is 0.358. The van der Waals surface area contributed by atoms with E-state index in [1.54, 1.807) is 30.3 Å². The summed E-state index contributed by atoms with van der Waals surface area (Å²) in [5, 5.41) is 8.66. The molecule has 3 amide bonds. The molecule has 0 aliphatic rings. The van der Waals surface area contributed by atoms with Gasteiger partial charge < -0.3 is 15.4 Å². The standard InChI is InChI=1S/C19H19BrN4O4/c1-12-9-14(7-8-15(12)20)23-17(25)11-28-16-6-4-3-5-13(16)10-22-24-19(27)18(26)21-2/h3-10H,11H2,1-2H3,(H,21,26)(H,23,25)(H,24,27)/b22-10-. The molecular weight excluding hydrogens is 428 g/mol. The molecule has 0 heterocycles. The average molecular weight is 447 g/mol. The van der Waals surface area contributed by atoms with E-state index < -0.39 is 11.8 Å². The summed E-state index contributed by atoms with van der Waals surface area (Å²) in [5.41, 5.74) is 4.30. The second-order valence-corrected chi connectivity index (χ2v) is 6.47. The number of nitrogens with one attached hydrogen (secondary N) is 3. The molecule has 0 saturated heterocycles. The Hall–Kier alpha value is -3.20. The normalized spacial score (nSPS) is 10.4. The Morgan fingerprint density at radius 1 is 1.14 bits per heavy atom. The van der Waals surface area contributed by atoms with E-state index in [4.69, 9.17) is 4.74 Å². The zero-order chi connectivity index (χ0) is 20.5. The molecule has 0 fully saturated rings. The largest absolute Gasteiger partial charge is 0.483 e. The molecule has 0 atom stereocenters. The molecule has 0 aliphatic heterocycles. The van der Waals surface area contributed by atoms with Gasteiger partial charge in [0.1, 0.15) is 5.75 Å². The Kier molecular flexibility index (Phi) is 7.70. The number of aryl methyl sites for hydroxylation is 1. The van der Waals surface area contributed by atoms with E-state index in [0.29, 0.717) is 17.0 Å². The maximum Gasteiger partial charge on any atom is 0.329 e. The first kappa shape index (κ1) is 21.1. The van der Waals surface area contributed by atoms with Crippen LogP contribution in [0.2, 0.25) is 0 Å². The number of halogens is 1. The predicted octanol–water partition coefficient (Wildman–Crippen LogP) is 1.97. The molecule has 0 unspecified atom stereocenters. The van der Waals surface area contributed by atoms with E-state index >= 15 is 0 Å². The molecule has 0 bridgehead atoms. The van der Waals surface area contributed by atoms with Gasteiger partial charge in [-0.05, 0) is 42.8 Å². The second-order valence-electron chi connectivity index (χ2n) is 5.62. The molecule has 8 nitrogen and oxygen atoms in total. The number of carbonyl (C=O) groups excluding carboxylic acids is 3. The summed E-state index contributed by atoms with van der Waals surface area (Å²) in [7, 11) is 1.34. The third-order valence-corrected chi connectivity index (χ3v) is 4.41. The van der Waals surface area contributed by atoms with Gasteiger partial charge in [-0.3, -0.25) is 14.4 Å². The first-order valence-corrected chi connectivity index (χ1v) is 9.03. The molecule has 9 heteroatoms. The van der Waals surface area contributed by atoms with Gasteiger partial charge in [-0.1, -0.05) is 28.1 Å². The van der Waals surface area contributed by atoms with Crippen molar-refractivity contribution in [3.8, 4) is 5.75 Å². The smallest absolute Gasteiger partial charge is 0.329 e. The number of anilines is 1. The van der Waals surface area contributed by atoms with Crippen LogP contribution in [0.1, 0.15) is 11.1 Å². The van der Waals surface area contributed by atoms with Crippen LogP contribution in [0.25, 0.3) is 0 Å². The maximum atomic E-state index is 12.1. The highest BCUT2D eigenvalue weighted by molar-refractivity contribution is 9.10. The fourth-order valence-electron chi connectivity index (χ4n) is 2.11. The van der Waals surface area contributed by atoms with Gasteiger partial charge in [0.15, 0.2) is 6.61 Å². The van der Waals surface area contributed by atoms with Gasteiger partial charge in [0.25, 0.3) is 5.91 Å². The van der Waals surface area contributed by atoms with Gasteiger partial charge >= 0.3 is 11.8 Å². The van der Waals surface area contributed by atoms with Crippen LogP contribution >= 0.6 is 15.9 Å². The lowest BCUT2D eigenvalue weighted by molar-refractivity contribution is -0.138. The maximum absolute atomic E-state index is 12.1. The molecule has 3 N–H and O–H groups in total. The van der Waals surface area contributed by atoms with Crippen LogP contribution in [0.5, 0.6) is 5.75 Å². The number of hydrogen-bond donors (Lipinski definition) is 3. The molecule has 0 aliphatic carbocycles. The minimum absolute atomic E-state index is 0.204. The minimum atomic E-state index is -0.888. The topological polar surface area (TPSA) is 109 Å². The summed E-state index contributed by atoms with van der Waals surface area (Å²) >= 11 is 3.41. The summed E-state index contributed by atoms with van der Waals surface area (Å²) in [6.45, 7) is 1.72. The van der Waals surface area contributed by atoms with Crippen LogP contribution in [0.4, 0.5) is 5.69 Å². The van der Waals surface area contributed by atoms with E-state index in [1.807, 2.05) is 19.1 Å². The number of hydrazone groups is 1. The van der Waals surface area contributed by atoms with Gasteiger partial charge in [0.05, 0.1) is 6.21 Å². The zero-order valence-electron chi connectivity index (χ0n) is 15.3. The Morgan fingerprint density at radius 3 is 2.61 bits per heavy atom. The Balaban J connectivity index is 1.95. The molecular formula is C19H19BrN4O4. The summed E-state index contributed by atoms with van der Waals surface area (Å²) in [4.78, 5) is 34.6. The third kappa shape index (κ3) is 6.20. The van der Waals surface area contributed by atoms with Gasteiger partial charge in [-0.15, -0.1) is 0 Å². The average Bonchev–Trinajstić information content (AvgIpc) is 2.69. The number of ether oxygens (including phenoxy) is 1.